The van der Waals surface area contributed by atoms with Crippen LogP contribution in [0.15, 0.2) is 18.2 Å². The number of nitrogens with zero attached hydrogens (tertiary/aromatic N) is 1. The van der Waals surface area contributed by atoms with Crippen LogP contribution >= 0.6 is 0 Å². The fraction of sp³-hybridized carbons (Fsp3) is 0.467. The van der Waals surface area contributed by atoms with E-state index in [0.717, 1.165) is 5.56 Å². The number of carbonyl (C=O) groups is 1. The normalized spacial score (nSPS) is 11.8. The summed E-state index contributed by atoms with van der Waals surface area (Å²) in [6.07, 6.45) is 0. The van der Waals surface area contributed by atoms with E-state index in [0.29, 0.717) is 17.2 Å². The highest BCUT2D eigenvalue weighted by Gasteiger charge is 2.11. The minimum atomic E-state index is -0.0633. The van der Waals surface area contributed by atoms with Gasteiger partial charge in [-0.25, -0.2) is 0 Å². The van der Waals surface area contributed by atoms with E-state index in [2.05, 4.69) is 30.6 Å². The topological polar surface area (TPSA) is 64.9 Å². The van der Waals surface area contributed by atoms with Crippen LogP contribution in [0.4, 0.5) is 5.69 Å². The molecule has 0 saturated carbocycles. The van der Waals surface area contributed by atoms with Crippen molar-refractivity contribution in [2.24, 2.45) is 5.92 Å². The Morgan fingerprint density at radius 1 is 1.37 bits per heavy atom. The molecule has 1 aromatic carbocycles. The third kappa shape index (κ3) is 4.29. The molecule has 0 aliphatic carbocycles. The Morgan fingerprint density at radius 3 is 2.63 bits per heavy atom. The molecule has 1 amide bonds. The van der Waals surface area contributed by atoms with Gasteiger partial charge in [-0.15, -0.1) is 0 Å². The van der Waals surface area contributed by atoms with E-state index in [1.807, 2.05) is 32.0 Å². The van der Waals surface area contributed by atoms with E-state index in [9.17, 15) is 4.79 Å². The number of anilines is 1. The van der Waals surface area contributed by atoms with Crippen molar-refractivity contribution in [3.8, 4) is 6.07 Å². The van der Waals surface area contributed by atoms with Crippen molar-refractivity contribution in [3.63, 3.8) is 0 Å². The summed E-state index contributed by atoms with van der Waals surface area (Å²) >= 11 is 0. The van der Waals surface area contributed by atoms with Gasteiger partial charge in [0.05, 0.1) is 17.8 Å². The largest absolute Gasteiger partial charge is 0.375 e. The number of carbonyl (C=O) groups excluding carboxylic acids is 1. The quantitative estimate of drug-likeness (QED) is 0.853. The average molecular weight is 259 g/mol. The minimum absolute atomic E-state index is 0.0633. The number of hydrogen-bond donors (Lipinski definition) is 2. The van der Waals surface area contributed by atoms with Crippen LogP contribution in [0, 0.1) is 24.2 Å². The van der Waals surface area contributed by atoms with Crippen LogP contribution in [-0.2, 0) is 4.79 Å². The lowest BCUT2D eigenvalue weighted by molar-refractivity contribution is -0.120. The maximum atomic E-state index is 11.8. The molecule has 0 fully saturated rings. The Hall–Kier alpha value is -2.02. The minimum Gasteiger partial charge on any atom is -0.375 e. The number of aryl methyl sites for hydroxylation is 1. The molecule has 0 heterocycles. The Labute approximate surface area is 114 Å². The second-order valence-corrected chi connectivity index (χ2v) is 5.06. The smallest absolute Gasteiger partial charge is 0.239 e. The van der Waals surface area contributed by atoms with Crippen LogP contribution in [0.1, 0.15) is 31.9 Å². The maximum Gasteiger partial charge on any atom is 0.239 e. The Balaban J connectivity index is 2.61. The molecule has 0 aromatic heterocycles. The van der Waals surface area contributed by atoms with Gasteiger partial charge < -0.3 is 10.6 Å². The Bertz CT molecular complexity index is 489. The monoisotopic (exact) mass is 259 g/mol. The van der Waals surface area contributed by atoms with Gasteiger partial charge in [-0.1, -0.05) is 26.0 Å². The van der Waals surface area contributed by atoms with Crippen LogP contribution in [0.25, 0.3) is 0 Å². The Morgan fingerprint density at radius 2 is 2.05 bits per heavy atom. The van der Waals surface area contributed by atoms with Gasteiger partial charge in [0.15, 0.2) is 0 Å². The van der Waals surface area contributed by atoms with Gasteiger partial charge in [0.1, 0.15) is 6.07 Å². The highest BCUT2D eigenvalue weighted by atomic mass is 16.1. The molecule has 0 aliphatic rings. The summed E-state index contributed by atoms with van der Waals surface area (Å²) in [5.74, 6) is 0.337. The molecule has 4 nitrogen and oxygen atoms in total. The molecule has 4 heteroatoms. The van der Waals surface area contributed by atoms with Crippen LogP contribution < -0.4 is 10.6 Å². The van der Waals surface area contributed by atoms with Crippen molar-refractivity contribution in [2.45, 2.75) is 33.7 Å². The standard InChI is InChI=1S/C15H21N3O/c1-10(2)12(4)18-15(19)9-17-14-7-5-6-11(3)13(14)8-16/h5-7,10,12,17H,9H2,1-4H3,(H,18,19). The van der Waals surface area contributed by atoms with E-state index in [1.165, 1.54) is 0 Å². The molecule has 1 unspecified atom stereocenters. The van der Waals surface area contributed by atoms with Gasteiger partial charge in [-0.3, -0.25) is 4.79 Å². The molecule has 0 spiro atoms. The van der Waals surface area contributed by atoms with Crippen LogP contribution in [-0.4, -0.2) is 18.5 Å². The number of amides is 1. The molecule has 19 heavy (non-hydrogen) atoms. The molecule has 1 atom stereocenters. The summed E-state index contributed by atoms with van der Waals surface area (Å²) in [4.78, 5) is 11.8. The number of hydrogen-bond acceptors (Lipinski definition) is 3. The van der Waals surface area contributed by atoms with Crippen LogP contribution in [0.3, 0.4) is 0 Å². The fourth-order valence-electron chi connectivity index (χ4n) is 1.61. The van der Waals surface area contributed by atoms with E-state index in [1.54, 1.807) is 0 Å². The van der Waals surface area contributed by atoms with Crippen molar-refractivity contribution < 1.29 is 4.79 Å². The summed E-state index contributed by atoms with van der Waals surface area (Å²) in [6, 6.07) is 7.85. The van der Waals surface area contributed by atoms with E-state index in [4.69, 9.17) is 5.26 Å². The zero-order chi connectivity index (χ0) is 14.4. The first-order valence-electron chi connectivity index (χ1n) is 6.48. The Kier molecular flexibility index (Phi) is 5.37. The second kappa shape index (κ2) is 6.79. The van der Waals surface area contributed by atoms with E-state index in [-0.39, 0.29) is 18.5 Å². The van der Waals surface area contributed by atoms with Gasteiger partial charge in [-0.2, -0.15) is 5.26 Å². The van der Waals surface area contributed by atoms with Crippen molar-refractivity contribution in [2.75, 3.05) is 11.9 Å². The van der Waals surface area contributed by atoms with E-state index >= 15 is 0 Å². The van der Waals surface area contributed by atoms with Gasteiger partial charge in [0, 0.05) is 6.04 Å². The molecule has 0 aliphatic heterocycles. The average Bonchev–Trinajstić information content (AvgIpc) is 2.36. The molecule has 1 rings (SSSR count). The SMILES string of the molecule is Cc1cccc(NCC(=O)NC(C)C(C)C)c1C#N. The van der Waals surface area contributed by atoms with Gasteiger partial charge in [-0.05, 0) is 31.4 Å². The zero-order valence-corrected chi connectivity index (χ0v) is 11.9. The predicted octanol–water partition coefficient (Wildman–Crippen LogP) is 2.44. The molecular weight excluding hydrogens is 238 g/mol. The maximum absolute atomic E-state index is 11.8. The van der Waals surface area contributed by atoms with Crippen molar-refractivity contribution in [1.82, 2.24) is 5.32 Å². The van der Waals surface area contributed by atoms with Crippen molar-refractivity contribution in [3.05, 3.63) is 29.3 Å². The highest BCUT2D eigenvalue weighted by Crippen LogP contribution is 2.17. The van der Waals surface area contributed by atoms with Crippen LogP contribution in [0.5, 0.6) is 0 Å². The molecule has 1 aromatic rings. The number of nitrogens with one attached hydrogen (secondary N) is 2. The molecule has 0 radical (unpaired) electrons. The zero-order valence-electron chi connectivity index (χ0n) is 11.9. The molecule has 0 bridgehead atoms. The summed E-state index contributed by atoms with van der Waals surface area (Å²) < 4.78 is 0. The summed E-state index contributed by atoms with van der Waals surface area (Å²) in [5, 5.41) is 15.0. The van der Waals surface area contributed by atoms with Crippen molar-refractivity contribution in [1.29, 1.82) is 5.26 Å². The second-order valence-electron chi connectivity index (χ2n) is 5.06. The number of benzene rings is 1. The number of nitriles is 1. The third-order valence-electron chi connectivity index (χ3n) is 3.21. The van der Waals surface area contributed by atoms with Gasteiger partial charge in [0.2, 0.25) is 5.91 Å². The molecule has 102 valence electrons. The predicted molar refractivity (Wildman–Crippen MR) is 76.8 cm³/mol. The first-order chi connectivity index (χ1) is 8.95. The van der Waals surface area contributed by atoms with E-state index < -0.39 is 0 Å². The summed E-state index contributed by atoms with van der Waals surface area (Å²) in [7, 11) is 0. The molecule has 0 saturated heterocycles. The van der Waals surface area contributed by atoms with Crippen LogP contribution in [0.2, 0.25) is 0 Å². The van der Waals surface area contributed by atoms with Crippen molar-refractivity contribution >= 4 is 11.6 Å². The third-order valence-corrected chi connectivity index (χ3v) is 3.21. The lowest BCUT2D eigenvalue weighted by atomic mass is 10.1. The summed E-state index contributed by atoms with van der Waals surface area (Å²) in [6.45, 7) is 8.16. The fourth-order valence-corrected chi connectivity index (χ4v) is 1.61. The summed E-state index contributed by atoms with van der Waals surface area (Å²) in [5.41, 5.74) is 2.20. The highest BCUT2D eigenvalue weighted by molar-refractivity contribution is 5.81. The first kappa shape index (κ1) is 15.0. The van der Waals surface area contributed by atoms with Gasteiger partial charge in [0.25, 0.3) is 0 Å². The first-order valence-corrected chi connectivity index (χ1v) is 6.48. The lowest BCUT2D eigenvalue weighted by Gasteiger charge is -2.18. The number of rotatable bonds is 5. The molecular formula is C15H21N3O. The lowest BCUT2D eigenvalue weighted by Crippen LogP contribution is -2.39. The molecule has 2 N–H and O–H groups in total. The van der Waals surface area contributed by atoms with Gasteiger partial charge >= 0.3 is 0 Å².